The number of primary amides is 1. The summed E-state index contributed by atoms with van der Waals surface area (Å²) in [5.41, 5.74) is 8.77. The van der Waals surface area contributed by atoms with Crippen molar-refractivity contribution in [2.45, 2.75) is 50.6 Å². The first kappa shape index (κ1) is 34.3. The topological polar surface area (TPSA) is 165 Å². The third-order valence-corrected chi connectivity index (χ3v) is 9.79. The second-order valence-electron chi connectivity index (χ2n) is 12.3. The van der Waals surface area contributed by atoms with E-state index in [1.807, 2.05) is 7.05 Å². The van der Waals surface area contributed by atoms with Crippen molar-refractivity contribution < 1.29 is 45.3 Å². The predicted octanol–water partition coefficient (Wildman–Crippen LogP) is 4.43. The molecule has 12 nitrogen and oxygen atoms in total. The van der Waals surface area contributed by atoms with Gasteiger partial charge in [0.1, 0.15) is 47.5 Å². The van der Waals surface area contributed by atoms with Gasteiger partial charge >= 0.3 is 16.1 Å². The van der Waals surface area contributed by atoms with Gasteiger partial charge in [-0.2, -0.15) is 17.8 Å². The number of nitrogens with one attached hydrogen (secondary N) is 1. The normalized spacial score (nSPS) is 18.2. The molecular weight excluding hydrogens is 641 g/mol. The zero-order valence-corrected chi connectivity index (χ0v) is 27.7. The lowest BCUT2D eigenvalue weighted by Gasteiger charge is -2.38. The van der Waals surface area contributed by atoms with Crippen LogP contribution in [-0.2, 0) is 27.9 Å². The van der Waals surface area contributed by atoms with Gasteiger partial charge < -0.3 is 24.0 Å². The number of phenols is 1. The summed E-state index contributed by atoms with van der Waals surface area (Å²) in [4.78, 5) is 27.0. The minimum absolute atomic E-state index is 0.00251. The van der Waals surface area contributed by atoms with Gasteiger partial charge in [0.05, 0.1) is 13.6 Å². The molecule has 1 unspecified atom stereocenters. The van der Waals surface area contributed by atoms with E-state index >= 15 is 0 Å². The van der Waals surface area contributed by atoms with E-state index in [4.69, 9.17) is 14.4 Å². The van der Waals surface area contributed by atoms with Crippen molar-refractivity contribution in [3.63, 3.8) is 0 Å². The van der Waals surface area contributed by atoms with Crippen LogP contribution in [0.1, 0.15) is 35.4 Å². The highest BCUT2D eigenvalue weighted by Gasteiger charge is 2.39. The highest BCUT2D eigenvalue weighted by Crippen LogP contribution is 2.26. The number of piperidine rings is 1. The van der Waals surface area contributed by atoms with Gasteiger partial charge in [-0.3, -0.25) is 4.79 Å². The first-order valence-corrected chi connectivity index (χ1v) is 16.7. The number of aromatic nitrogens is 1. The molecule has 1 saturated heterocycles. The van der Waals surface area contributed by atoms with E-state index in [2.05, 4.69) is 10.5 Å². The summed E-state index contributed by atoms with van der Waals surface area (Å²) >= 11 is 0. The molecule has 252 valence electrons. The van der Waals surface area contributed by atoms with Crippen molar-refractivity contribution in [3.05, 3.63) is 101 Å². The number of carbonyl (C=O) groups excluding carboxylic acids is 2. The van der Waals surface area contributed by atoms with E-state index in [9.17, 15) is 27.5 Å². The van der Waals surface area contributed by atoms with Crippen LogP contribution in [0, 0.1) is 19.7 Å². The number of benzene rings is 3. The third-order valence-electron chi connectivity index (χ3n) is 8.30. The molecule has 4 N–H and O–H groups in total. The summed E-state index contributed by atoms with van der Waals surface area (Å²) < 4.78 is 51.4. The molecule has 0 aliphatic carbocycles. The molecule has 0 bridgehead atoms. The van der Waals surface area contributed by atoms with Crippen molar-refractivity contribution in [2.75, 3.05) is 25.5 Å². The number of halogens is 1. The number of nitrogens with two attached hydrogens (primary N) is 1. The van der Waals surface area contributed by atoms with E-state index < -0.39 is 28.1 Å². The average Bonchev–Trinajstić information content (AvgIpc) is 3.38. The highest BCUT2D eigenvalue weighted by atomic mass is 32.2. The zero-order valence-electron chi connectivity index (χ0n) is 26.9. The molecule has 0 saturated carbocycles. The Morgan fingerprint density at radius 1 is 1.06 bits per heavy atom. The molecule has 14 heteroatoms. The van der Waals surface area contributed by atoms with Crippen molar-refractivity contribution in [1.82, 2.24) is 5.16 Å². The van der Waals surface area contributed by atoms with Crippen molar-refractivity contribution in [1.29, 1.82) is 0 Å². The summed E-state index contributed by atoms with van der Waals surface area (Å²) in [6, 6.07) is 16.7. The summed E-state index contributed by atoms with van der Waals surface area (Å²) in [6.07, 6.45) is 1.37. The molecule has 0 radical (unpaired) electrons. The maximum atomic E-state index is 14.1. The second kappa shape index (κ2) is 14.0. The molecule has 5 rings (SSSR count). The number of aryl methyl sites for hydroxylation is 2. The molecule has 1 fully saturated rings. The third kappa shape index (κ3) is 8.06. The Morgan fingerprint density at radius 2 is 1.71 bits per heavy atom. The number of urea groups is 1. The van der Waals surface area contributed by atoms with Crippen LogP contribution in [0.2, 0.25) is 0 Å². The number of amides is 3. The quantitative estimate of drug-likeness (QED) is 0.126. The predicted molar refractivity (Wildman–Crippen MR) is 175 cm³/mol. The summed E-state index contributed by atoms with van der Waals surface area (Å²) in [5.74, 6) is -0.873. The fourth-order valence-corrected chi connectivity index (χ4v) is 7.32. The Hall–Kier alpha value is -5.08. The maximum Gasteiger partial charge on any atom is 0.496 e. The summed E-state index contributed by atoms with van der Waals surface area (Å²) in [6.45, 7) is 4.77. The van der Waals surface area contributed by atoms with Crippen LogP contribution in [-0.4, -0.2) is 71.6 Å². The Bertz CT molecular complexity index is 1920. The van der Waals surface area contributed by atoms with Crippen molar-refractivity contribution in [2.24, 2.45) is 5.73 Å². The van der Waals surface area contributed by atoms with E-state index in [0.29, 0.717) is 41.0 Å². The fraction of sp³-hybridized carbons (Fsp3) is 0.294. The molecule has 2 atom stereocenters. The fourth-order valence-electron chi connectivity index (χ4n) is 6.08. The molecule has 1 aliphatic rings. The number of nitrogens with zero attached hydrogens (tertiary/aromatic N) is 3. The van der Waals surface area contributed by atoms with Gasteiger partial charge in [0, 0.05) is 24.8 Å². The minimum Gasteiger partial charge on any atom is -0.508 e. The molecule has 1 aromatic heterocycles. The van der Waals surface area contributed by atoms with Crippen molar-refractivity contribution in [3.8, 4) is 11.5 Å². The Morgan fingerprint density at radius 3 is 2.31 bits per heavy atom. The lowest BCUT2D eigenvalue weighted by Crippen LogP contribution is -2.56. The maximum absolute atomic E-state index is 14.1. The van der Waals surface area contributed by atoms with Crippen LogP contribution in [0.15, 0.2) is 82.2 Å². The highest BCUT2D eigenvalue weighted by molar-refractivity contribution is 7.87. The average molecular weight is 680 g/mol. The summed E-state index contributed by atoms with van der Waals surface area (Å²) in [7, 11) is -2.18. The molecule has 4 aromatic rings. The molecular formula is C34H38FN5O7S+2. The first-order chi connectivity index (χ1) is 22.7. The number of anilines is 1. The van der Waals surface area contributed by atoms with E-state index in [1.54, 1.807) is 24.3 Å². The van der Waals surface area contributed by atoms with Crippen molar-refractivity contribution >= 4 is 33.5 Å². The van der Waals surface area contributed by atoms with E-state index in [0.717, 1.165) is 18.5 Å². The van der Waals surface area contributed by atoms with E-state index in [-0.39, 0.29) is 40.1 Å². The zero-order chi connectivity index (χ0) is 34.6. The monoisotopic (exact) mass is 679 g/mol. The number of quaternary nitrogens is 1. The first-order valence-electron chi connectivity index (χ1n) is 15.3. The largest absolute Gasteiger partial charge is 0.508 e. The number of aromatic hydroxyl groups is 1. The molecule has 0 spiro atoms. The van der Waals surface area contributed by atoms with Gasteiger partial charge in [-0.25, -0.2) is 9.71 Å². The molecule has 1 aliphatic heterocycles. The van der Waals surface area contributed by atoms with Gasteiger partial charge in [0.2, 0.25) is 0 Å². The number of phenolic OH excluding ortho intramolecular Hbond substituents is 1. The molecule has 48 heavy (non-hydrogen) atoms. The molecule has 3 amide bonds. The van der Waals surface area contributed by atoms with Crippen LogP contribution >= 0.6 is 0 Å². The van der Waals surface area contributed by atoms with Crippen LogP contribution in [0.4, 0.5) is 14.9 Å². The smallest absolute Gasteiger partial charge is 0.496 e. The van der Waals surface area contributed by atoms with Crippen LogP contribution in [0.5, 0.6) is 11.5 Å². The second-order valence-corrected chi connectivity index (χ2v) is 13.7. The number of rotatable bonds is 10. The SMILES string of the molecule is Cc1noc(C)c1S(=O)(=O)Oc1ccc(NC(=O)/[N+](=C2\CCC[N+](C)(Cc3ccc(F)cc3)C2)[C@@H](Cc2ccc(O)cc2)C(N)=O)cc1. The standard InChI is InChI=1S/C34H36FN5O7S/c1-22-32(23(2)46-38-22)48(44,45)47-30-16-12-27(13-17-30)37-34(43)39(31(33(36)42)19-24-8-14-29(41)15-9-24)28-5-4-18-40(3,21-28)20-25-6-10-26(35)11-7-25/h6-17,31H,4-5,18-21H2,1-3H3,(H2-2,36,37,41,42,43)/p+2/b39-28+/t31-,40?/m0/s1. The number of hydrogen-bond donors (Lipinski definition) is 3. The Labute approximate surface area is 278 Å². The number of likely N-dealkylation sites (tertiary alicyclic amines) is 1. The number of hydrogen-bond acceptors (Lipinski definition) is 8. The lowest BCUT2D eigenvalue weighted by molar-refractivity contribution is -0.918. The van der Waals surface area contributed by atoms with Crippen LogP contribution in [0.3, 0.4) is 0 Å². The lowest BCUT2D eigenvalue weighted by atomic mass is 10.0. The van der Waals surface area contributed by atoms with Crippen LogP contribution < -0.4 is 15.2 Å². The van der Waals surface area contributed by atoms with Gasteiger partial charge in [-0.15, -0.1) is 0 Å². The Kier molecular flexibility index (Phi) is 9.96. The summed E-state index contributed by atoms with van der Waals surface area (Å²) in [5, 5.41) is 16.3. The van der Waals surface area contributed by atoms with Gasteiger partial charge in [-0.1, -0.05) is 29.4 Å². The molecule has 3 aromatic carbocycles. The van der Waals surface area contributed by atoms with Gasteiger partial charge in [-0.05, 0) is 67.9 Å². The Balaban J connectivity index is 1.44. The van der Waals surface area contributed by atoms with Gasteiger partial charge in [0.15, 0.2) is 16.7 Å². The van der Waals surface area contributed by atoms with Gasteiger partial charge in [0.25, 0.3) is 5.91 Å². The minimum atomic E-state index is -4.23. The molecule has 2 heterocycles. The van der Waals surface area contributed by atoms with E-state index in [1.165, 1.54) is 67.0 Å². The number of carbonyl (C=O) groups is 2. The van der Waals surface area contributed by atoms with Crippen LogP contribution in [0.25, 0.3) is 0 Å².